The molecule has 1 aromatic carbocycles. The third kappa shape index (κ3) is 2.26. The van der Waals surface area contributed by atoms with Crippen LogP contribution < -0.4 is 4.74 Å². The van der Waals surface area contributed by atoms with Crippen LogP contribution in [-0.2, 0) is 4.79 Å². The van der Waals surface area contributed by atoms with Crippen molar-refractivity contribution in [1.29, 1.82) is 0 Å². The first-order chi connectivity index (χ1) is 6.84. The van der Waals surface area contributed by atoms with E-state index in [0.717, 1.165) is 18.6 Å². The molecule has 2 nitrogen and oxygen atoms in total. The Morgan fingerprint density at radius 2 is 2.14 bits per heavy atom. The van der Waals surface area contributed by atoms with Gasteiger partial charge in [-0.1, -0.05) is 6.07 Å². The van der Waals surface area contributed by atoms with Gasteiger partial charge in [-0.05, 0) is 37.1 Å². The molecule has 0 N–H and O–H groups in total. The van der Waals surface area contributed by atoms with Crippen LogP contribution in [-0.4, -0.2) is 11.9 Å². The van der Waals surface area contributed by atoms with Gasteiger partial charge in [-0.2, -0.15) is 0 Å². The lowest BCUT2D eigenvalue weighted by Gasteiger charge is -2.21. The Labute approximate surface area is 83.9 Å². The van der Waals surface area contributed by atoms with E-state index in [-0.39, 0.29) is 6.10 Å². The monoisotopic (exact) mass is 188 g/mol. The van der Waals surface area contributed by atoms with E-state index in [1.807, 2.05) is 12.1 Å². The Balaban J connectivity index is 1.89. The van der Waals surface area contributed by atoms with Crippen molar-refractivity contribution < 1.29 is 9.53 Å². The zero-order valence-electron chi connectivity index (χ0n) is 7.95. The Morgan fingerprint density at radius 1 is 1.36 bits per heavy atom. The third-order valence-corrected chi connectivity index (χ3v) is 2.41. The van der Waals surface area contributed by atoms with Crippen LogP contribution in [0.15, 0.2) is 18.2 Å². The van der Waals surface area contributed by atoms with E-state index in [9.17, 15) is 4.79 Å². The summed E-state index contributed by atoms with van der Waals surface area (Å²) in [5.41, 5.74) is 0. The van der Waals surface area contributed by atoms with Crippen molar-refractivity contribution >= 4 is 5.78 Å². The van der Waals surface area contributed by atoms with Crippen LogP contribution in [0.5, 0.6) is 5.75 Å². The molecule has 1 saturated carbocycles. The molecule has 1 aliphatic rings. The average Bonchev–Trinajstić information content (AvgIpc) is 2.23. The van der Waals surface area contributed by atoms with Crippen molar-refractivity contribution in [1.82, 2.24) is 0 Å². The molecule has 0 saturated heterocycles. The fraction of sp³-hybridized carbons (Fsp3) is 0.417. The van der Waals surface area contributed by atoms with Crippen molar-refractivity contribution in [3.05, 3.63) is 30.3 Å². The molecule has 0 atom stereocenters. The maximum atomic E-state index is 11.0. The van der Waals surface area contributed by atoms with E-state index in [1.54, 1.807) is 6.07 Å². The summed E-state index contributed by atoms with van der Waals surface area (Å²) in [5.74, 6) is 1.08. The van der Waals surface area contributed by atoms with Gasteiger partial charge < -0.3 is 4.74 Å². The second kappa shape index (κ2) is 4.15. The third-order valence-electron chi connectivity index (χ3n) is 2.41. The summed E-state index contributed by atoms with van der Waals surface area (Å²) in [4.78, 5) is 11.0. The Bertz CT molecular complexity index is 295. The highest BCUT2D eigenvalue weighted by molar-refractivity contribution is 5.79. The van der Waals surface area contributed by atoms with Crippen molar-refractivity contribution in [3.63, 3.8) is 0 Å². The molecule has 2 heteroatoms. The Morgan fingerprint density at radius 3 is 2.79 bits per heavy atom. The number of hydrogen-bond acceptors (Lipinski definition) is 2. The molecule has 0 aromatic heterocycles. The summed E-state index contributed by atoms with van der Waals surface area (Å²) in [5, 5.41) is 0. The highest BCUT2D eigenvalue weighted by Crippen LogP contribution is 2.19. The first kappa shape index (κ1) is 9.08. The maximum absolute atomic E-state index is 11.0. The van der Waals surface area contributed by atoms with Crippen LogP contribution in [0.4, 0.5) is 0 Å². The smallest absolute Gasteiger partial charge is 0.170 e. The molecular weight excluding hydrogens is 176 g/mol. The fourth-order valence-corrected chi connectivity index (χ4v) is 1.62. The number of Topliss-reactive ketones (excluding diaryl/α,β-unsaturated/α-hetero) is 1. The fourth-order valence-electron chi connectivity index (χ4n) is 1.62. The molecule has 0 aliphatic heterocycles. The van der Waals surface area contributed by atoms with E-state index < -0.39 is 0 Å². The van der Waals surface area contributed by atoms with Gasteiger partial charge in [0.05, 0.1) is 0 Å². The number of hydrogen-bond donors (Lipinski definition) is 0. The second-order valence-corrected chi connectivity index (χ2v) is 3.52. The second-order valence-electron chi connectivity index (χ2n) is 3.52. The van der Waals surface area contributed by atoms with E-state index >= 15 is 0 Å². The summed E-state index contributed by atoms with van der Waals surface area (Å²) < 4.78 is 5.66. The highest BCUT2D eigenvalue weighted by atomic mass is 16.5. The molecule has 0 unspecified atom stereocenters. The van der Waals surface area contributed by atoms with Crippen LogP contribution in [0.2, 0.25) is 0 Å². The van der Waals surface area contributed by atoms with E-state index in [0.29, 0.717) is 18.6 Å². The zero-order valence-corrected chi connectivity index (χ0v) is 7.95. The number of ether oxygens (including phenoxy) is 1. The summed E-state index contributed by atoms with van der Waals surface area (Å²) in [6, 6.07) is 11.3. The summed E-state index contributed by atoms with van der Waals surface area (Å²) in [6.45, 7) is 0. The van der Waals surface area contributed by atoms with Crippen molar-refractivity contribution in [3.8, 4) is 5.75 Å². The van der Waals surface area contributed by atoms with Gasteiger partial charge in [0.25, 0.3) is 0 Å². The predicted molar refractivity (Wildman–Crippen MR) is 52.0 cm³/mol. The standard InChI is InChI=1S/C12H12O2/c13-10-6-8-12(9-7-10)14-11-4-2-1-3-5-11/h1-2,4,12H,6-9H2. The van der Waals surface area contributed by atoms with Gasteiger partial charge in [0.15, 0.2) is 5.75 Å². The van der Waals surface area contributed by atoms with Gasteiger partial charge in [-0.3, -0.25) is 4.79 Å². The topological polar surface area (TPSA) is 26.3 Å². The summed E-state index contributed by atoms with van der Waals surface area (Å²) in [6.07, 6.45) is 3.16. The quantitative estimate of drug-likeness (QED) is 0.711. The lowest BCUT2D eigenvalue weighted by molar-refractivity contribution is -0.121. The van der Waals surface area contributed by atoms with Gasteiger partial charge in [0, 0.05) is 12.8 Å². The molecule has 72 valence electrons. The van der Waals surface area contributed by atoms with Gasteiger partial charge in [0.1, 0.15) is 11.9 Å². The average molecular weight is 188 g/mol. The molecule has 1 aliphatic carbocycles. The molecule has 0 amide bonds. The number of ketones is 1. The van der Waals surface area contributed by atoms with Gasteiger partial charge in [0.2, 0.25) is 0 Å². The minimum atomic E-state index is 0.180. The maximum Gasteiger partial charge on any atom is 0.170 e. The van der Waals surface area contributed by atoms with Gasteiger partial charge >= 0.3 is 0 Å². The van der Waals surface area contributed by atoms with E-state index in [2.05, 4.69) is 12.1 Å². The van der Waals surface area contributed by atoms with Gasteiger partial charge in [-0.15, -0.1) is 0 Å². The molecular formula is C12H12O2. The zero-order chi connectivity index (χ0) is 9.80. The minimum absolute atomic E-state index is 0.180. The molecule has 0 bridgehead atoms. The number of carbonyl (C=O) groups is 1. The highest BCUT2D eigenvalue weighted by Gasteiger charge is 2.19. The van der Waals surface area contributed by atoms with E-state index in [1.165, 1.54) is 0 Å². The first-order valence-electron chi connectivity index (χ1n) is 4.91. The van der Waals surface area contributed by atoms with Crippen molar-refractivity contribution in [2.45, 2.75) is 31.8 Å². The van der Waals surface area contributed by atoms with Crippen LogP contribution in [0.3, 0.4) is 0 Å². The summed E-state index contributed by atoms with van der Waals surface area (Å²) in [7, 11) is 0. The first-order valence-corrected chi connectivity index (χ1v) is 4.91. The number of rotatable bonds is 2. The molecule has 1 fully saturated rings. The van der Waals surface area contributed by atoms with Crippen LogP contribution >= 0.6 is 0 Å². The lowest BCUT2D eigenvalue weighted by atomic mass is 9.96. The molecule has 0 radical (unpaired) electrons. The Hall–Kier alpha value is -1.49. The molecule has 1 aromatic rings. The summed E-state index contributed by atoms with van der Waals surface area (Å²) >= 11 is 0. The predicted octanol–water partition coefficient (Wildman–Crippen LogP) is 2.18. The molecule has 0 heterocycles. The van der Waals surface area contributed by atoms with Crippen molar-refractivity contribution in [2.24, 2.45) is 0 Å². The van der Waals surface area contributed by atoms with Crippen LogP contribution in [0.25, 0.3) is 0 Å². The Kier molecular flexibility index (Phi) is 2.69. The van der Waals surface area contributed by atoms with Crippen LogP contribution in [0.1, 0.15) is 25.7 Å². The number of carbonyl (C=O) groups excluding carboxylic acids is 1. The van der Waals surface area contributed by atoms with Crippen molar-refractivity contribution in [2.75, 3.05) is 0 Å². The largest absolute Gasteiger partial charge is 0.482 e. The molecule has 14 heavy (non-hydrogen) atoms. The molecule has 2 rings (SSSR count). The SMILES string of the molecule is O=C1CCC(Oc2c#cccc2)CC1. The normalized spacial score (nSPS) is 17.6. The van der Waals surface area contributed by atoms with Crippen LogP contribution in [0, 0.1) is 12.1 Å². The van der Waals surface area contributed by atoms with E-state index in [4.69, 9.17) is 4.74 Å². The lowest BCUT2D eigenvalue weighted by Crippen LogP contribution is -2.23. The molecule has 0 spiro atoms. The minimum Gasteiger partial charge on any atom is -0.482 e. The van der Waals surface area contributed by atoms with Gasteiger partial charge in [-0.25, -0.2) is 0 Å².